The summed E-state index contributed by atoms with van der Waals surface area (Å²) in [4.78, 5) is 42.6. The number of halogens is 1. The number of likely N-dealkylation sites (tertiary alicyclic amines) is 1. The van der Waals surface area contributed by atoms with Gasteiger partial charge in [0.1, 0.15) is 11.6 Å². The van der Waals surface area contributed by atoms with E-state index in [1.54, 1.807) is 36.3 Å². The maximum atomic E-state index is 13.8. The Bertz CT molecular complexity index is 1080. The van der Waals surface area contributed by atoms with E-state index in [1.165, 1.54) is 0 Å². The fraction of sp³-hybridized carbons (Fsp3) is 0.593. The summed E-state index contributed by atoms with van der Waals surface area (Å²) in [6.07, 6.45) is 6.19. The van der Waals surface area contributed by atoms with Crippen LogP contribution in [-0.4, -0.2) is 66.7 Å². The van der Waals surface area contributed by atoms with Crippen LogP contribution in [0.2, 0.25) is 5.02 Å². The quantitative estimate of drug-likeness (QED) is 0.544. The van der Waals surface area contributed by atoms with Crippen molar-refractivity contribution in [3.05, 3.63) is 41.4 Å². The third kappa shape index (κ3) is 4.13. The molecule has 3 aliphatic heterocycles. The molecule has 1 spiro atoms. The van der Waals surface area contributed by atoms with Crippen molar-refractivity contribution < 1.29 is 23.9 Å². The maximum Gasteiger partial charge on any atom is 0.246 e. The van der Waals surface area contributed by atoms with Crippen LogP contribution in [-0.2, 0) is 23.9 Å². The van der Waals surface area contributed by atoms with E-state index in [2.05, 4.69) is 24.5 Å². The first kappa shape index (κ1) is 25.2. The van der Waals surface area contributed by atoms with Crippen molar-refractivity contribution in [2.75, 3.05) is 25.6 Å². The van der Waals surface area contributed by atoms with Crippen LogP contribution in [0.15, 0.2) is 36.4 Å². The van der Waals surface area contributed by atoms with E-state index in [4.69, 9.17) is 21.1 Å². The molecule has 0 radical (unpaired) electrons. The van der Waals surface area contributed by atoms with Gasteiger partial charge in [-0.3, -0.25) is 14.4 Å². The molecule has 1 aromatic rings. The molecule has 194 valence electrons. The molecule has 3 amide bonds. The van der Waals surface area contributed by atoms with Crippen LogP contribution in [0.4, 0.5) is 5.69 Å². The molecule has 3 heterocycles. The van der Waals surface area contributed by atoms with Crippen LogP contribution in [0.25, 0.3) is 0 Å². The molecule has 1 saturated carbocycles. The van der Waals surface area contributed by atoms with Gasteiger partial charge in [-0.2, -0.15) is 0 Å². The zero-order valence-electron chi connectivity index (χ0n) is 20.9. The monoisotopic (exact) mass is 515 g/mol. The van der Waals surface area contributed by atoms with Gasteiger partial charge in [0, 0.05) is 30.4 Å². The van der Waals surface area contributed by atoms with Crippen LogP contribution in [0.1, 0.15) is 33.1 Å². The fourth-order valence-electron chi connectivity index (χ4n) is 6.54. The molecule has 9 heteroatoms. The highest BCUT2D eigenvalue weighted by molar-refractivity contribution is 6.30. The first-order valence-corrected chi connectivity index (χ1v) is 13.2. The van der Waals surface area contributed by atoms with Gasteiger partial charge in [-0.25, -0.2) is 0 Å². The Morgan fingerprint density at radius 1 is 1.25 bits per heavy atom. The number of nitrogens with zero attached hydrogens (tertiary/aromatic N) is 1. The fourth-order valence-corrected chi connectivity index (χ4v) is 6.73. The second-order valence-corrected chi connectivity index (χ2v) is 11.0. The number of hydrogen-bond donors (Lipinski definition) is 2. The van der Waals surface area contributed by atoms with Crippen molar-refractivity contribution in [2.24, 2.45) is 23.7 Å². The van der Waals surface area contributed by atoms with Crippen LogP contribution >= 0.6 is 11.6 Å². The zero-order valence-corrected chi connectivity index (χ0v) is 21.7. The zero-order chi connectivity index (χ0) is 25.6. The average molecular weight is 516 g/mol. The lowest BCUT2D eigenvalue weighted by molar-refractivity contribution is -0.142. The summed E-state index contributed by atoms with van der Waals surface area (Å²) in [5.74, 6) is -1.49. The summed E-state index contributed by atoms with van der Waals surface area (Å²) in [5, 5.41) is 6.63. The van der Waals surface area contributed by atoms with Gasteiger partial charge in [-0.05, 0) is 36.5 Å². The van der Waals surface area contributed by atoms with E-state index in [9.17, 15) is 14.4 Å². The van der Waals surface area contributed by atoms with Crippen LogP contribution in [0.5, 0.6) is 0 Å². The number of anilines is 1. The SMILES string of the molecule is COCCN1C(=O)[C@H]2[C@H](C(=O)Nc3cccc(Cl)c3)[C@H]3C=C[C@@]2(O3)[C@@H]1C(=O)N[C@@H]1CCC[C@H](C)[C@H]1C. The first-order chi connectivity index (χ1) is 17.3. The van der Waals surface area contributed by atoms with E-state index >= 15 is 0 Å². The van der Waals surface area contributed by atoms with E-state index in [1.807, 2.05) is 12.2 Å². The molecule has 0 unspecified atom stereocenters. The van der Waals surface area contributed by atoms with E-state index < -0.39 is 29.6 Å². The van der Waals surface area contributed by atoms with Crippen LogP contribution in [0, 0.1) is 23.7 Å². The molecule has 2 saturated heterocycles. The number of methoxy groups -OCH3 is 1. The molecular formula is C27H34ClN3O5. The molecule has 2 N–H and O–H groups in total. The van der Waals surface area contributed by atoms with Gasteiger partial charge in [-0.15, -0.1) is 0 Å². The number of carbonyl (C=O) groups excluding carboxylic acids is 3. The number of nitrogens with one attached hydrogen (secondary N) is 2. The molecule has 4 aliphatic rings. The van der Waals surface area contributed by atoms with Gasteiger partial charge in [0.05, 0.1) is 24.5 Å². The molecule has 5 rings (SSSR count). The molecule has 3 fully saturated rings. The first-order valence-electron chi connectivity index (χ1n) is 12.8. The summed E-state index contributed by atoms with van der Waals surface area (Å²) in [6.45, 7) is 4.91. The van der Waals surface area contributed by atoms with Crippen molar-refractivity contribution in [3.63, 3.8) is 0 Å². The van der Waals surface area contributed by atoms with Crippen molar-refractivity contribution in [1.29, 1.82) is 0 Å². The third-order valence-corrected chi connectivity index (χ3v) is 8.82. The highest BCUT2D eigenvalue weighted by Gasteiger charge is 2.72. The molecule has 8 nitrogen and oxygen atoms in total. The smallest absolute Gasteiger partial charge is 0.246 e. The minimum Gasteiger partial charge on any atom is -0.383 e. The lowest BCUT2D eigenvalue weighted by Crippen LogP contribution is -2.58. The third-order valence-electron chi connectivity index (χ3n) is 8.59. The van der Waals surface area contributed by atoms with Gasteiger partial charge in [0.25, 0.3) is 0 Å². The number of carbonyl (C=O) groups is 3. The van der Waals surface area contributed by atoms with Gasteiger partial charge in [0.15, 0.2) is 0 Å². The number of rotatable bonds is 7. The summed E-state index contributed by atoms with van der Waals surface area (Å²) >= 11 is 6.08. The lowest BCUT2D eigenvalue weighted by Gasteiger charge is -2.38. The number of ether oxygens (including phenoxy) is 2. The minimum atomic E-state index is -1.18. The summed E-state index contributed by atoms with van der Waals surface area (Å²) in [6, 6.07) is 6.05. The van der Waals surface area contributed by atoms with Crippen LogP contribution in [0.3, 0.4) is 0 Å². The Labute approximate surface area is 216 Å². The van der Waals surface area contributed by atoms with Crippen molar-refractivity contribution in [3.8, 4) is 0 Å². The van der Waals surface area contributed by atoms with Gasteiger partial charge in [0.2, 0.25) is 17.7 Å². The minimum absolute atomic E-state index is 0.0422. The Morgan fingerprint density at radius 2 is 2.06 bits per heavy atom. The Kier molecular flexibility index (Phi) is 6.87. The predicted octanol–water partition coefficient (Wildman–Crippen LogP) is 3.02. The Hall–Kier alpha value is -2.42. The molecule has 0 aromatic heterocycles. The molecule has 1 aliphatic carbocycles. The standard InChI is InChI=1S/C27H34ClN3O5/c1-15-6-4-9-19(16(15)2)30-25(33)23-27-11-10-20(36-27)21(22(27)26(34)31(23)12-13-35-3)24(32)29-18-8-5-7-17(28)14-18/h5,7-8,10-11,14-16,19-23H,4,6,9,12-13H2,1-3H3,(H,29,32)(H,30,33)/t15-,16+,19+,20+,21+,22+,23-,27-/m0/s1. The summed E-state index contributed by atoms with van der Waals surface area (Å²) in [5.41, 5.74) is -0.635. The van der Waals surface area contributed by atoms with Crippen molar-refractivity contribution in [1.82, 2.24) is 10.2 Å². The number of fused-ring (bicyclic) bond motifs is 1. The largest absolute Gasteiger partial charge is 0.383 e. The second kappa shape index (κ2) is 9.80. The van der Waals surface area contributed by atoms with E-state index in [-0.39, 0.29) is 36.9 Å². The highest BCUT2D eigenvalue weighted by Crippen LogP contribution is 2.55. The maximum absolute atomic E-state index is 13.8. The molecule has 2 bridgehead atoms. The molecular weight excluding hydrogens is 482 g/mol. The van der Waals surface area contributed by atoms with Gasteiger partial charge in [-0.1, -0.05) is 56.5 Å². The molecule has 1 aromatic carbocycles. The lowest BCUT2D eigenvalue weighted by atomic mass is 9.73. The van der Waals surface area contributed by atoms with Gasteiger partial charge >= 0.3 is 0 Å². The normalized spacial score (nSPS) is 36.7. The Morgan fingerprint density at radius 3 is 2.81 bits per heavy atom. The van der Waals surface area contributed by atoms with Crippen molar-refractivity contribution in [2.45, 2.75) is 56.9 Å². The number of hydrogen-bond acceptors (Lipinski definition) is 5. The highest BCUT2D eigenvalue weighted by atomic mass is 35.5. The van der Waals surface area contributed by atoms with Crippen LogP contribution < -0.4 is 10.6 Å². The average Bonchev–Trinajstić information content (AvgIpc) is 3.48. The summed E-state index contributed by atoms with van der Waals surface area (Å²) in [7, 11) is 1.56. The van der Waals surface area contributed by atoms with E-state index in [0.717, 1.165) is 19.3 Å². The molecule has 36 heavy (non-hydrogen) atoms. The Balaban J connectivity index is 1.43. The van der Waals surface area contributed by atoms with Crippen molar-refractivity contribution >= 4 is 35.0 Å². The molecule has 8 atom stereocenters. The summed E-state index contributed by atoms with van der Waals surface area (Å²) < 4.78 is 11.6. The van der Waals surface area contributed by atoms with Gasteiger partial charge < -0.3 is 25.0 Å². The number of amides is 3. The number of benzene rings is 1. The second-order valence-electron chi connectivity index (χ2n) is 10.6. The predicted molar refractivity (Wildman–Crippen MR) is 135 cm³/mol. The topological polar surface area (TPSA) is 97.0 Å². The van der Waals surface area contributed by atoms with E-state index in [0.29, 0.717) is 22.5 Å².